The van der Waals surface area contributed by atoms with E-state index < -0.39 is 0 Å². The van der Waals surface area contributed by atoms with Crippen LogP contribution in [-0.4, -0.2) is 20.2 Å². The highest BCUT2D eigenvalue weighted by Crippen LogP contribution is 2.61. The zero-order valence-corrected chi connectivity index (χ0v) is 12.8. The van der Waals surface area contributed by atoms with Gasteiger partial charge in [-0.3, -0.25) is 0 Å². The molecule has 1 aliphatic heterocycles. The van der Waals surface area contributed by atoms with Crippen LogP contribution in [0.1, 0.15) is 30.4 Å². The Morgan fingerprint density at radius 3 is 2.90 bits per heavy atom. The Bertz CT molecular complexity index is 532. The Kier molecular flexibility index (Phi) is 3.01. The summed E-state index contributed by atoms with van der Waals surface area (Å²) in [5.74, 6) is 3.12. The van der Waals surface area contributed by atoms with Gasteiger partial charge in [0, 0.05) is 18.0 Å². The maximum absolute atomic E-state index is 6.30. The molecule has 2 unspecified atom stereocenters. The number of hydrogen-bond acceptors (Lipinski definition) is 2. The fourth-order valence-corrected chi connectivity index (χ4v) is 4.88. The molecule has 1 heterocycles. The van der Waals surface area contributed by atoms with Crippen LogP contribution in [0.25, 0.3) is 0 Å². The number of rotatable bonds is 4. The number of halogens is 1. The van der Waals surface area contributed by atoms with Crippen molar-refractivity contribution in [3.63, 3.8) is 0 Å². The summed E-state index contributed by atoms with van der Waals surface area (Å²) in [7, 11) is 2.07. The molecule has 2 saturated carbocycles. The number of ether oxygens (including phenoxy) is 1. The molecule has 0 aromatic heterocycles. The molecule has 0 spiro atoms. The van der Waals surface area contributed by atoms with Gasteiger partial charge in [-0.1, -0.05) is 11.6 Å². The molecule has 0 saturated heterocycles. The number of fused-ring (bicyclic) bond motifs is 2. The topological polar surface area (TPSA) is 21.3 Å². The van der Waals surface area contributed by atoms with Crippen LogP contribution in [0.15, 0.2) is 12.1 Å². The zero-order chi connectivity index (χ0) is 13.7. The van der Waals surface area contributed by atoms with Crippen molar-refractivity contribution in [3.05, 3.63) is 28.3 Å². The van der Waals surface area contributed by atoms with Crippen molar-refractivity contribution in [2.75, 3.05) is 20.2 Å². The van der Waals surface area contributed by atoms with Crippen molar-refractivity contribution >= 4 is 11.6 Å². The highest BCUT2D eigenvalue weighted by atomic mass is 35.5. The second-order valence-electron chi connectivity index (χ2n) is 7.02. The summed E-state index contributed by atoms with van der Waals surface area (Å²) in [5, 5.41) is 4.29. The highest BCUT2D eigenvalue weighted by molar-refractivity contribution is 6.30. The van der Waals surface area contributed by atoms with E-state index in [1.807, 2.05) is 0 Å². The van der Waals surface area contributed by atoms with E-state index in [0.717, 1.165) is 48.6 Å². The quantitative estimate of drug-likeness (QED) is 0.917. The fourth-order valence-electron chi connectivity index (χ4n) is 4.61. The van der Waals surface area contributed by atoms with E-state index in [-0.39, 0.29) is 0 Å². The van der Waals surface area contributed by atoms with Crippen molar-refractivity contribution in [2.24, 2.45) is 17.3 Å². The molecule has 0 radical (unpaired) electrons. The van der Waals surface area contributed by atoms with Crippen LogP contribution in [0.2, 0.25) is 5.02 Å². The summed E-state index contributed by atoms with van der Waals surface area (Å²) < 4.78 is 5.88. The van der Waals surface area contributed by atoms with Crippen LogP contribution in [0, 0.1) is 17.3 Å². The predicted molar refractivity (Wildman–Crippen MR) is 81.5 cm³/mol. The second-order valence-corrected chi connectivity index (χ2v) is 7.46. The maximum atomic E-state index is 6.30. The molecular formula is C17H22ClNO. The molecule has 3 aliphatic rings. The summed E-state index contributed by atoms with van der Waals surface area (Å²) in [6.07, 6.45) is 6.34. The van der Waals surface area contributed by atoms with Gasteiger partial charge in [-0.15, -0.1) is 0 Å². The van der Waals surface area contributed by atoms with Gasteiger partial charge in [0.15, 0.2) is 0 Å². The van der Waals surface area contributed by atoms with Crippen LogP contribution in [0.5, 0.6) is 5.75 Å². The van der Waals surface area contributed by atoms with E-state index in [2.05, 4.69) is 24.5 Å². The molecule has 108 valence electrons. The molecule has 3 heteroatoms. The van der Waals surface area contributed by atoms with Gasteiger partial charge < -0.3 is 10.1 Å². The molecule has 4 rings (SSSR count). The standard InChI is InChI=1S/C17H22ClNO/c1-19-10-17(7-12-4-13(12)8-17)9-14-6-15(18)5-11-2-3-20-16(11)14/h5-6,12-13,19H,2-4,7-10H2,1H3. The van der Waals surface area contributed by atoms with Crippen LogP contribution in [-0.2, 0) is 12.8 Å². The Labute approximate surface area is 125 Å². The largest absolute Gasteiger partial charge is 0.493 e. The SMILES string of the molecule is CNCC1(Cc2cc(Cl)cc3c2OCC3)CC2CC2C1. The minimum atomic E-state index is 0.423. The zero-order valence-electron chi connectivity index (χ0n) is 12.0. The monoisotopic (exact) mass is 291 g/mol. The van der Waals surface area contributed by atoms with Crippen molar-refractivity contribution in [1.82, 2.24) is 5.32 Å². The smallest absolute Gasteiger partial charge is 0.125 e. The Balaban J connectivity index is 1.64. The lowest BCUT2D eigenvalue weighted by Crippen LogP contribution is -2.33. The van der Waals surface area contributed by atoms with Crippen molar-refractivity contribution in [3.8, 4) is 5.75 Å². The molecule has 20 heavy (non-hydrogen) atoms. The third kappa shape index (κ3) is 2.14. The summed E-state index contributed by atoms with van der Waals surface area (Å²) in [6, 6.07) is 4.21. The number of hydrogen-bond donors (Lipinski definition) is 1. The van der Waals surface area contributed by atoms with Gasteiger partial charge in [0.25, 0.3) is 0 Å². The first-order chi connectivity index (χ1) is 9.69. The first-order valence-corrected chi connectivity index (χ1v) is 8.16. The Morgan fingerprint density at radius 1 is 1.35 bits per heavy atom. The number of nitrogens with one attached hydrogen (secondary N) is 1. The van der Waals surface area contributed by atoms with Crippen molar-refractivity contribution in [2.45, 2.75) is 32.1 Å². The second kappa shape index (κ2) is 4.64. The molecule has 1 N–H and O–H groups in total. The van der Waals surface area contributed by atoms with Gasteiger partial charge in [-0.25, -0.2) is 0 Å². The predicted octanol–water partition coefficient (Wildman–Crippen LogP) is 3.45. The van der Waals surface area contributed by atoms with Gasteiger partial charge in [-0.05, 0) is 73.2 Å². The summed E-state index contributed by atoms with van der Waals surface area (Å²) in [5.41, 5.74) is 3.06. The third-order valence-corrected chi connectivity index (χ3v) is 5.62. The molecule has 0 bridgehead atoms. The first-order valence-electron chi connectivity index (χ1n) is 7.78. The molecule has 2 fully saturated rings. The van der Waals surface area contributed by atoms with E-state index in [9.17, 15) is 0 Å². The lowest BCUT2D eigenvalue weighted by molar-refractivity contribution is 0.250. The lowest BCUT2D eigenvalue weighted by atomic mass is 9.77. The van der Waals surface area contributed by atoms with E-state index in [4.69, 9.17) is 16.3 Å². The van der Waals surface area contributed by atoms with Crippen LogP contribution in [0.3, 0.4) is 0 Å². The molecule has 1 aromatic carbocycles. The van der Waals surface area contributed by atoms with E-state index in [0.29, 0.717) is 5.41 Å². The molecule has 0 amide bonds. The van der Waals surface area contributed by atoms with Gasteiger partial charge in [0.05, 0.1) is 6.61 Å². The Hall–Kier alpha value is -0.730. The van der Waals surface area contributed by atoms with E-state index in [1.165, 1.54) is 30.4 Å². The molecule has 1 aromatic rings. The summed E-state index contributed by atoms with van der Waals surface area (Å²) >= 11 is 6.30. The van der Waals surface area contributed by atoms with Crippen LogP contribution in [0.4, 0.5) is 0 Å². The third-order valence-electron chi connectivity index (χ3n) is 5.40. The minimum Gasteiger partial charge on any atom is -0.493 e. The lowest BCUT2D eigenvalue weighted by Gasteiger charge is -2.31. The fraction of sp³-hybridized carbons (Fsp3) is 0.647. The average Bonchev–Trinajstić information content (AvgIpc) is 2.84. The van der Waals surface area contributed by atoms with Crippen LogP contribution < -0.4 is 10.1 Å². The molecule has 2 atom stereocenters. The summed E-state index contributed by atoms with van der Waals surface area (Å²) in [6.45, 7) is 1.92. The molecular weight excluding hydrogens is 270 g/mol. The van der Waals surface area contributed by atoms with Gasteiger partial charge in [0.1, 0.15) is 5.75 Å². The number of benzene rings is 1. The van der Waals surface area contributed by atoms with Crippen LogP contribution >= 0.6 is 11.6 Å². The maximum Gasteiger partial charge on any atom is 0.125 e. The highest BCUT2D eigenvalue weighted by Gasteiger charge is 2.53. The minimum absolute atomic E-state index is 0.423. The average molecular weight is 292 g/mol. The van der Waals surface area contributed by atoms with Crippen molar-refractivity contribution < 1.29 is 4.74 Å². The molecule has 2 nitrogen and oxygen atoms in total. The van der Waals surface area contributed by atoms with Gasteiger partial charge >= 0.3 is 0 Å². The summed E-state index contributed by atoms with van der Waals surface area (Å²) in [4.78, 5) is 0. The van der Waals surface area contributed by atoms with Gasteiger partial charge in [0.2, 0.25) is 0 Å². The van der Waals surface area contributed by atoms with Crippen molar-refractivity contribution in [1.29, 1.82) is 0 Å². The van der Waals surface area contributed by atoms with E-state index >= 15 is 0 Å². The normalized spacial score (nSPS) is 33.7. The first kappa shape index (κ1) is 13.0. The Morgan fingerprint density at radius 2 is 2.15 bits per heavy atom. The molecule has 2 aliphatic carbocycles. The van der Waals surface area contributed by atoms with E-state index in [1.54, 1.807) is 0 Å². The van der Waals surface area contributed by atoms with Gasteiger partial charge in [-0.2, -0.15) is 0 Å².